The molecule has 9 heteroatoms. The molecule has 0 fully saturated rings. The number of thioether (sulfide) groups is 1. The van der Waals surface area contributed by atoms with Crippen LogP contribution in [0.4, 0.5) is 0 Å². The fourth-order valence-electron chi connectivity index (χ4n) is 2.69. The van der Waals surface area contributed by atoms with Gasteiger partial charge in [-0.15, -0.1) is 17.9 Å². The first-order chi connectivity index (χ1) is 13.8. The van der Waals surface area contributed by atoms with Crippen molar-refractivity contribution in [3.63, 3.8) is 0 Å². The summed E-state index contributed by atoms with van der Waals surface area (Å²) in [6, 6.07) is 5.50. The van der Waals surface area contributed by atoms with Crippen LogP contribution in [-0.4, -0.2) is 30.4 Å². The summed E-state index contributed by atoms with van der Waals surface area (Å²) in [6.45, 7) is 4.19. The molecule has 0 unspecified atom stereocenters. The zero-order valence-electron chi connectivity index (χ0n) is 14.9. The quantitative estimate of drug-likeness (QED) is 0.189. The Balaban J connectivity index is 1.40. The Morgan fingerprint density at radius 1 is 1.25 bits per heavy atom. The molecule has 142 valence electrons. The van der Waals surface area contributed by atoms with Crippen molar-refractivity contribution in [3.8, 4) is 11.4 Å². The molecule has 0 saturated heterocycles. The van der Waals surface area contributed by atoms with Gasteiger partial charge in [-0.05, 0) is 30.0 Å². The standard InChI is InChI=1S/C19H17N5O2S2/c1-2-10-24-18(25)14-7-12-27-17(14)22-19(24)28-11-3-4-15-21-16(23-26-15)13-5-8-20-9-6-13/h2,5-9,12H,1,3-4,10-11H2. The van der Waals surface area contributed by atoms with Gasteiger partial charge in [0.2, 0.25) is 11.7 Å². The van der Waals surface area contributed by atoms with Crippen molar-refractivity contribution >= 4 is 33.3 Å². The van der Waals surface area contributed by atoms with E-state index in [4.69, 9.17) is 4.52 Å². The molecule has 0 aliphatic rings. The molecule has 0 spiro atoms. The highest BCUT2D eigenvalue weighted by Gasteiger charge is 2.12. The number of thiophene rings is 1. The first-order valence-electron chi connectivity index (χ1n) is 8.71. The largest absolute Gasteiger partial charge is 0.339 e. The number of rotatable bonds is 8. The van der Waals surface area contributed by atoms with Gasteiger partial charge >= 0.3 is 0 Å². The lowest BCUT2D eigenvalue weighted by atomic mass is 10.2. The lowest BCUT2D eigenvalue weighted by molar-refractivity contribution is 0.378. The average Bonchev–Trinajstić information content (AvgIpc) is 3.38. The molecule has 4 heterocycles. The van der Waals surface area contributed by atoms with Crippen LogP contribution in [0.1, 0.15) is 12.3 Å². The fourth-order valence-corrected chi connectivity index (χ4v) is 4.44. The Morgan fingerprint density at radius 3 is 2.93 bits per heavy atom. The highest BCUT2D eigenvalue weighted by atomic mass is 32.2. The van der Waals surface area contributed by atoms with Gasteiger partial charge in [-0.1, -0.05) is 23.0 Å². The normalized spacial score (nSPS) is 11.1. The number of fused-ring (bicyclic) bond motifs is 1. The number of aromatic nitrogens is 5. The lowest BCUT2D eigenvalue weighted by Gasteiger charge is -2.09. The maximum atomic E-state index is 12.6. The predicted molar refractivity (Wildman–Crippen MR) is 111 cm³/mol. The van der Waals surface area contributed by atoms with E-state index in [1.165, 1.54) is 11.3 Å². The van der Waals surface area contributed by atoms with Crippen molar-refractivity contribution in [1.82, 2.24) is 24.7 Å². The van der Waals surface area contributed by atoms with E-state index in [1.807, 2.05) is 23.6 Å². The molecule has 0 aliphatic carbocycles. The second-order valence-corrected chi connectivity index (χ2v) is 7.89. The molecule has 0 radical (unpaired) electrons. The number of hydrogen-bond acceptors (Lipinski definition) is 8. The van der Waals surface area contributed by atoms with Crippen LogP contribution in [0.25, 0.3) is 21.6 Å². The van der Waals surface area contributed by atoms with E-state index in [0.717, 1.165) is 22.6 Å². The number of pyridine rings is 1. The monoisotopic (exact) mass is 411 g/mol. The highest BCUT2D eigenvalue weighted by Crippen LogP contribution is 2.22. The SMILES string of the molecule is C=CCn1c(SCCCc2nc(-c3ccncc3)no2)nc2sccc2c1=O. The molecular formula is C19H17N5O2S2. The Morgan fingerprint density at radius 2 is 2.11 bits per heavy atom. The highest BCUT2D eigenvalue weighted by molar-refractivity contribution is 7.99. The summed E-state index contributed by atoms with van der Waals surface area (Å²) >= 11 is 3.03. The summed E-state index contributed by atoms with van der Waals surface area (Å²) < 4.78 is 6.99. The predicted octanol–water partition coefficient (Wildman–Crippen LogP) is 3.81. The van der Waals surface area contributed by atoms with Gasteiger partial charge in [0.1, 0.15) is 4.83 Å². The molecule has 0 bridgehead atoms. The Kier molecular flexibility index (Phi) is 5.63. The summed E-state index contributed by atoms with van der Waals surface area (Å²) in [5, 5.41) is 7.27. The molecule has 4 rings (SSSR count). The van der Waals surface area contributed by atoms with Crippen molar-refractivity contribution < 1.29 is 4.52 Å². The van der Waals surface area contributed by atoms with E-state index in [0.29, 0.717) is 35.2 Å². The van der Waals surface area contributed by atoms with Crippen LogP contribution in [0.3, 0.4) is 0 Å². The molecule has 0 saturated carbocycles. The van der Waals surface area contributed by atoms with E-state index < -0.39 is 0 Å². The molecular weight excluding hydrogens is 394 g/mol. The summed E-state index contributed by atoms with van der Waals surface area (Å²) in [5.41, 5.74) is 0.855. The maximum absolute atomic E-state index is 12.6. The van der Waals surface area contributed by atoms with Gasteiger partial charge in [0.15, 0.2) is 5.16 Å². The van der Waals surface area contributed by atoms with E-state index in [2.05, 4.69) is 26.7 Å². The van der Waals surface area contributed by atoms with Crippen molar-refractivity contribution in [3.05, 3.63) is 64.9 Å². The third kappa shape index (κ3) is 3.90. The van der Waals surface area contributed by atoms with E-state index in [9.17, 15) is 4.79 Å². The van der Waals surface area contributed by atoms with Crippen LogP contribution in [-0.2, 0) is 13.0 Å². The topological polar surface area (TPSA) is 86.7 Å². The van der Waals surface area contributed by atoms with E-state index >= 15 is 0 Å². The van der Waals surface area contributed by atoms with Crippen molar-refractivity contribution in [2.45, 2.75) is 24.5 Å². The van der Waals surface area contributed by atoms with E-state index in [1.54, 1.807) is 34.8 Å². The summed E-state index contributed by atoms with van der Waals surface area (Å²) in [6.07, 6.45) is 6.60. The van der Waals surface area contributed by atoms with Crippen molar-refractivity contribution in [2.24, 2.45) is 0 Å². The van der Waals surface area contributed by atoms with Crippen LogP contribution in [0, 0.1) is 0 Å². The number of aryl methyl sites for hydroxylation is 1. The van der Waals surface area contributed by atoms with Crippen molar-refractivity contribution in [1.29, 1.82) is 0 Å². The fraction of sp³-hybridized carbons (Fsp3) is 0.211. The minimum atomic E-state index is -0.0208. The second kappa shape index (κ2) is 8.49. The van der Waals surface area contributed by atoms with Crippen LogP contribution < -0.4 is 5.56 Å². The second-order valence-electron chi connectivity index (χ2n) is 5.94. The number of hydrogen-bond donors (Lipinski definition) is 0. The average molecular weight is 412 g/mol. The number of allylic oxidation sites excluding steroid dienone is 1. The number of nitrogens with zero attached hydrogens (tertiary/aromatic N) is 5. The zero-order valence-corrected chi connectivity index (χ0v) is 16.6. The molecule has 4 aromatic rings. The Hall–Kier alpha value is -2.78. The molecule has 28 heavy (non-hydrogen) atoms. The van der Waals surface area contributed by atoms with Gasteiger partial charge < -0.3 is 4.52 Å². The summed E-state index contributed by atoms with van der Waals surface area (Å²) in [7, 11) is 0. The molecule has 0 atom stereocenters. The van der Waals surface area contributed by atoms with Gasteiger partial charge in [-0.2, -0.15) is 4.98 Å². The van der Waals surface area contributed by atoms with Crippen LogP contribution in [0.2, 0.25) is 0 Å². The Labute approximate surface area is 169 Å². The van der Waals surface area contributed by atoms with E-state index in [-0.39, 0.29) is 5.56 Å². The first kappa shape index (κ1) is 18.6. The minimum absolute atomic E-state index is 0.0208. The van der Waals surface area contributed by atoms with Gasteiger partial charge in [0.05, 0.1) is 5.39 Å². The van der Waals surface area contributed by atoms with Gasteiger partial charge in [-0.25, -0.2) is 4.98 Å². The first-order valence-corrected chi connectivity index (χ1v) is 10.6. The molecule has 7 nitrogen and oxygen atoms in total. The van der Waals surface area contributed by atoms with Crippen LogP contribution in [0.15, 0.2) is 63.1 Å². The Bertz CT molecular complexity index is 1150. The van der Waals surface area contributed by atoms with Crippen molar-refractivity contribution in [2.75, 3.05) is 5.75 Å². The van der Waals surface area contributed by atoms with Crippen LogP contribution >= 0.6 is 23.1 Å². The molecule has 4 aromatic heterocycles. The summed E-state index contributed by atoms with van der Waals surface area (Å²) in [4.78, 5) is 26.4. The zero-order chi connectivity index (χ0) is 19.3. The van der Waals surface area contributed by atoms with Gasteiger partial charge in [-0.3, -0.25) is 14.3 Å². The third-order valence-electron chi connectivity index (χ3n) is 4.03. The minimum Gasteiger partial charge on any atom is -0.339 e. The molecule has 0 aliphatic heterocycles. The molecule has 0 amide bonds. The van der Waals surface area contributed by atoms with Gasteiger partial charge in [0, 0.05) is 36.7 Å². The van der Waals surface area contributed by atoms with Crippen LogP contribution in [0.5, 0.6) is 0 Å². The molecule has 0 aromatic carbocycles. The van der Waals surface area contributed by atoms with Gasteiger partial charge in [0.25, 0.3) is 5.56 Å². The summed E-state index contributed by atoms with van der Waals surface area (Å²) in [5.74, 6) is 1.94. The lowest BCUT2D eigenvalue weighted by Crippen LogP contribution is -2.22. The molecule has 0 N–H and O–H groups in total. The third-order valence-corrected chi connectivity index (χ3v) is 5.90. The smallest absolute Gasteiger partial charge is 0.263 e. The maximum Gasteiger partial charge on any atom is 0.263 e.